The molecule has 0 saturated heterocycles. The molecule has 0 aliphatic rings. The lowest BCUT2D eigenvalue weighted by molar-refractivity contribution is -0.109. The fourth-order valence-electron chi connectivity index (χ4n) is 3.24. The number of carbonyl (C=O) groups excluding carboxylic acids is 2. The molecule has 1 amide bonds. The van der Waals surface area contributed by atoms with Crippen LogP contribution < -0.4 is 14.8 Å². The van der Waals surface area contributed by atoms with Crippen molar-refractivity contribution in [2.75, 3.05) is 14.2 Å². The second kappa shape index (κ2) is 10.8. The van der Waals surface area contributed by atoms with Gasteiger partial charge in [-0.15, -0.1) is 0 Å². The zero-order chi connectivity index (χ0) is 22.1. The molecule has 0 unspecified atom stereocenters. The lowest BCUT2D eigenvalue weighted by atomic mass is 10.0. The smallest absolute Gasteiger partial charge is 0.252 e. The van der Waals surface area contributed by atoms with Crippen LogP contribution in [0.15, 0.2) is 72.8 Å². The van der Waals surface area contributed by atoms with E-state index in [1.54, 1.807) is 26.4 Å². The van der Waals surface area contributed by atoms with Crippen LogP contribution in [0.25, 0.3) is 12.2 Å². The minimum atomic E-state index is -0.599. The summed E-state index contributed by atoms with van der Waals surface area (Å²) in [5, 5.41) is 2.83. The molecule has 0 fully saturated rings. The van der Waals surface area contributed by atoms with Crippen LogP contribution in [-0.4, -0.2) is 32.5 Å². The zero-order valence-electron chi connectivity index (χ0n) is 17.6. The Bertz CT molecular complexity index is 1060. The van der Waals surface area contributed by atoms with Gasteiger partial charge < -0.3 is 19.6 Å². The first-order chi connectivity index (χ1) is 15.1. The van der Waals surface area contributed by atoms with Crippen molar-refractivity contribution in [1.82, 2.24) is 5.32 Å². The first kappa shape index (κ1) is 21.8. The van der Waals surface area contributed by atoms with Crippen LogP contribution in [0.3, 0.4) is 0 Å². The van der Waals surface area contributed by atoms with Gasteiger partial charge in [0, 0.05) is 5.56 Å². The van der Waals surface area contributed by atoms with Crippen LogP contribution in [0, 0.1) is 0 Å². The Kier molecular flexibility index (Phi) is 7.60. The third kappa shape index (κ3) is 5.82. The molecule has 0 saturated carbocycles. The number of carbonyl (C=O) groups is 2. The molecule has 0 heterocycles. The molecule has 158 valence electrons. The number of ether oxygens (including phenoxy) is 2. The van der Waals surface area contributed by atoms with Crippen molar-refractivity contribution in [2.45, 2.75) is 12.5 Å². The molecule has 3 rings (SSSR count). The van der Waals surface area contributed by atoms with Crippen LogP contribution in [0.5, 0.6) is 11.5 Å². The van der Waals surface area contributed by atoms with Gasteiger partial charge in [-0.1, -0.05) is 66.7 Å². The molecule has 0 aliphatic carbocycles. The first-order valence-corrected chi connectivity index (χ1v) is 9.94. The fraction of sp³-hybridized carbons (Fsp3) is 0.154. The minimum Gasteiger partial charge on any atom is -0.493 e. The van der Waals surface area contributed by atoms with E-state index in [0.29, 0.717) is 23.5 Å². The summed E-state index contributed by atoms with van der Waals surface area (Å²) in [7, 11) is 3.18. The normalized spacial score (nSPS) is 11.7. The number of methoxy groups -OCH3 is 2. The number of benzene rings is 3. The van der Waals surface area contributed by atoms with Crippen molar-refractivity contribution < 1.29 is 19.1 Å². The molecule has 0 bridgehead atoms. The molecule has 1 N–H and O–H groups in total. The highest BCUT2D eigenvalue weighted by Crippen LogP contribution is 2.28. The monoisotopic (exact) mass is 415 g/mol. The number of rotatable bonds is 9. The predicted octanol–water partition coefficient (Wildman–Crippen LogP) is 4.41. The Balaban J connectivity index is 1.77. The summed E-state index contributed by atoms with van der Waals surface area (Å²) in [5.41, 5.74) is 3.14. The van der Waals surface area contributed by atoms with Crippen molar-refractivity contribution in [2.24, 2.45) is 0 Å². The van der Waals surface area contributed by atoms with Gasteiger partial charge in [-0.3, -0.25) is 4.79 Å². The van der Waals surface area contributed by atoms with Gasteiger partial charge in [-0.2, -0.15) is 0 Å². The van der Waals surface area contributed by atoms with E-state index in [4.69, 9.17) is 9.47 Å². The summed E-state index contributed by atoms with van der Waals surface area (Å²) in [5.74, 6) is 0.990. The Morgan fingerprint density at radius 1 is 0.903 bits per heavy atom. The highest BCUT2D eigenvalue weighted by atomic mass is 16.5. The standard InChI is InChI=1S/C26H25NO4/c1-30-24-15-13-20(17-25(24)31-2)12-14-21-10-6-7-11-23(21)26(29)27-22(18-28)16-19-8-4-3-5-9-19/h3-15,17-18,22H,16H2,1-2H3,(H,27,29)/t22-/m0/s1. The Morgan fingerprint density at radius 2 is 1.61 bits per heavy atom. The molecule has 5 nitrogen and oxygen atoms in total. The average Bonchev–Trinajstić information content (AvgIpc) is 2.82. The van der Waals surface area contributed by atoms with Gasteiger partial charge >= 0.3 is 0 Å². The Morgan fingerprint density at radius 3 is 2.32 bits per heavy atom. The predicted molar refractivity (Wildman–Crippen MR) is 122 cm³/mol. The molecule has 0 spiro atoms. The number of amides is 1. The van der Waals surface area contributed by atoms with E-state index in [1.807, 2.05) is 72.8 Å². The van der Waals surface area contributed by atoms with Gasteiger partial charge in [0.15, 0.2) is 11.5 Å². The second-order valence-electron chi connectivity index (χ2n) is 6.94. The zero-order valence-corrected chi connectivity index (χ0v) is 17.6. The number of hydrogen-bond acceptors (Lipinski definition) is 4. The maximum absolute atomic E-state index is 12.9. The third-order valence-corrected chi connectivity index (χ3v) is 4.85. The van der Waals surface area contributed by atoms with Gasteiger partial charge in [0.1, 0.15) is 6.29 Å². The van der Waals surface area contributed by atoms with E-state index in [2.05, 4.69) is 5.32 Å². The number of hydrogen-bond donors (Lipinski definition) is 1. The quantitative estimate of drug-likeness (QED) is 0.415. The van der Waals surface area contributed by atoms with Gasteiger partial charge in [0.2, 0.25) is 0 Å². The van der Waals surface area contributed by atoms with E-state index in [0.717, 1.165) is 23.0 Å². The average molecular weight is 415 g/mol. The van der Waals surface area contributed by atoms with Crippen molar-refractivity contribution in [3.63, 3.8) is 0 Å². The van der Waals surface area contributed by atoms with Gasteiger partial charge in [0.25, 0.3) is 5.91 Å². The molecule has 31 heavy (non-hydrogen) atoms. The van der Waals surface area contributed by atoms with Crippen LogP contribution in [0.4, 0.5) is 0 Å². The lowest BCUT2D eigenvalue weighted by Crippen LogP contribution is -2.37. The highest BCUT2D eigenvalue weighted by Gasteiger charge is 2.15. The van der Waals surface area contributed by atoms with Gasteiger partial charge in [-0.25, -0.2) is 0 Å². The van der Waals surface area contributed by atoms with E-state index < -0.39 is 6.04 Å². The van der Waals surface area contributed by atoms with E-state index in [-0.39, 0.29) is 5.91 Å². The van der Waals surface area contributed by atoms with E-state index in [1.165, 1.54) is 0 Å². The number of nitrogens with one attached hydrogen (secondary N) is 1. The van der Waals surface area contributed by atoms with Gasteiger partial charge in [-0.05, 0) is 41.3 Å². The summed E-state index contributed by atoms with van der Waals surface area (Å²) in [6.45, 7) is 0. The van der Waals surface area contributed by atoms with E-state index >= 15 is 0 Å². The SMILES string of the molecule is COc1ccc(C=Cc2ccccc2C(=O)N[C@H](C=O)Cc2ccccc2)cc1OC. The van der Waals surface area contributed by atoms with E-state index in [9.17, 15) is 9.59 Å². The largest absolute Gasteiger partial charge is 0.493 e. The van der Waals surface area contributed by atoms with Crippen LogP contribution in [0.2, 0.25) is 0 Å². The van der Waals surface area contributed by atoms with Crippen LogP contribution in [-0.2, 0) is 11.2 Å². The van der Waals surface area contributed by atoms with Gasteiger partial charge in [0.05, 0.1) is 20.3 Å². The fourth-order valence-corrected chi connectivity index (χ4v) is 3.24. The highest BCUT2D eigenvalue weighted by molar-refractivity contribution is 5.99. The Labute approximate surface area is 182 Å². The molecule has 0 aromatic heterocycles. The molecular formula is C26H25NO4. The first-order valence-electron chi connectivity index (χ1n) is 9.94. The molecule has 0 radical (unpaired) electrons. The van der Waals surface area contributed by atoms with Crippen molar-refractivity contribution in [3.8, 4) is 11.5 Å². The summed E-state index contributed by atoms with van der Waals surface area (Å²) >= 11 is 0. The molecule has 3 aromatic rings. The molecular weight excluding hydrogens is 390 g/mol. The summed E-state index contributed by atoms with van der Waals surface area (Å²) in [6.07, 6.45) is 4.98. The maximum Gasteiger partial charge on any atom is 0.252 e. The molecule has 3 aromatic carbocycles. The van der Waals surface area contributed by atoms with Crippen molar-refractivity contribution in [1.29, 1.82) is 0 Å². The summed E-state index contributed by atoms with van der Waals surface area (Å²) < 4.78 is 10.6. The third-order valence-electron chi connectivity index (χ3n) is 4.85. The maximum atomic E-state index is 12.9. The molecule has 5 heteroatoms. The lowest BCUT2D eigenvalue weighted by Gasteiger charge is -2.14. The van der Waals surface area contributed by atoms with Crippen LogP contribution >= 0.6 is 0 Å². The van der Waals surface area contributed by atoms with Crippen molar-refractivity contribution in [3.05, 3.63) is 95.1 Å². The van der Waals surface area contributed by atoms with Crippen molar-refractivity contribution >= 4 is 24.3 Å². The molecule has 0 aliphatic heterocycles. The van der Waals surface area contributed by atoms with Crippen LogP contribution in [0.1, 0.15) is 27.0 Å². The summed E-state index contributed by atoms with van der Waals surface area (Å²) in [4.78, 5) is 24.4. The Hall–Kier alpha value is -3.86. The topological polar surface area (TPSA) is 64.6 Å². The number of aldehydes is 1. The summed E-state index contributed by atoms with van der Waals surface area (Å²) in [6, 6.07) is 21.9. The minimum absolute atomic E-state index is 0.291. The second-order valence-corrected chi connectivity index (χ2v) is 6.94. The molecule has 1 atom stereocenters.